The van der Waals surface area contributed by atoms with Gasteiger partial charge >= 0.3 is 6.18 Å². The first-order valence-electron chi connectivity index (χ1n) is 5.57. The largest absolute Gasteiger partial charge is 0.404 e. The maximum absolute atomic E-state index is 12.9. The number of hydrogen-bond donors (Lipinski definition) is 2. The Kier molecular flexibility index (Phi) is 4.76. The summed E-state index contributed by atoms with van der Waals surface area (Å²) in [6, 6.07) is 0. The third-order valence-electron chi connectivity index (χ3n) is 2.87. The van der Waals surface area contributed by atoms with Gasteiger partial charge < -0.3 is 15.4 Å². The Balaban J connectivity index is 2.56. The molecule has 17 heavy (non-hydrogen) atoms. The van der Waals surface area contributed by atoms with Gasteiger partial charge in [-0.1, -0.05) is 0 Å². The van der Waals surface area contributed by atoms with Gasteiger partial charge in [-0.25, -0.2) is 0 Å². The van der Waals surface area contributed by atoms with Gasteiger partial charge in [-0.05, 0) is 19.9 Å². The molecule has 0 bridgehead atoms. The van der Waals surface area contributed by atoms with E-state index in [2.05, 4.69) is 10.6 Å². The molecule has 1 atom stereocenters. The molecule has 0 aliphatic carbocycles. The molecule has 7 heteroatoms. The third-order valence-corrected chi connectivity index (χ3v) is 2.87. The van der Waals surface area contributed by atoms with Crippen LogP contribution in [-0.2, 0) is 9.53 Å². The van der Waals surface area contributed by atoms with Crippen LogP contribution in [0, 0.1) is 5.41 Å². The van der Waals surface area contributed by atoms with Crippen molar-refractivity contribution in [1.82, 2.24) is 10.6 Å². The van der Waals surface area contributed by atoms with Gasteiger partial charge in [0.15, 0.2) is 5.41 Å². The highest BCUT2D eigenvalue weighted by Gasteiger charge is 2.61. The second kappa shape index (κ2) is 5.68. The van der Waals surface area contributed by atoms with Gasteiger partial charge in [0, 0.05) is 19.7 Å². The highest BCUT2D eigenvalue weighted by molar-refractivity contribution is 5.84. The van der Waals surface area contributed by atoms with Crippen LogP contribution in [0.25, 0.3) is 0 Å². The van der Waals surface area contributed by atoms with Gasteiger partial charge in [-0.3, -0.25) is 4.79 Å². The molecule has 1 aliphatic rings. The van der Waals surface area contributed by atoms with Crippen molar-refractivity contribution in [3.63, 3.8) is 0 Å². The maximum atomic E-state index is 12.9. The van der Waals surface area contributed by atoms with Crippen molar-refractivity contribution in [2.75, 3.05) is 32.8 Å². The summed E-state index contributed by atoms with van der Waals surface area (Å²) in [5.41, 5.74) is -2.28. The molecule has 0 spiro atoms. The summed E-state index contributed by atoms with van der Waals surface area (Å²) in [4.78, 5) is 11.7. The number of rotatable bonds is 5. The molecular weight excluding hydrogens is 237 g/mol. The fourth-order valence-corrected chi connectivity index (χ4v) is 1.81. The molecule has 0 aromatic heterocycles. The molecule has 1 aliphatic heterocycles. The van der Waals surface area contributed by atoms with E-state index in [1.807, 2.05) is 0 Å². The minimum absolute atomic E-state index is 0.102. The van der Waals surface area contributed by atoms with Crippen molar-refractivity contribution < 1.29 is 22.7 Å². The number of nitrogens with one attached hydrogen (secondary N) is 2. The van der Waals surface area contributed by atoms with Crippen molar-refractivity contribution in [1.29, 1.82) is 0 Å². The quantitative estimate of drug-likeness (QED) is 0.709. The van der Waals surface area contributed by atoms with Gasteiger partial charge in [-0.2, -0.15) is 13.2 Å². The second-order valence-electron chi connectivity index (χ2n) is 3.96. The van der Waals surface area contributed by atoms with Gasteiger partial charge in [0.25, 0.3) is 0 Å². The van der Waals surface area contributed by atoms with Crippen molar-refractivity contribution >= 4 is 5.91 Å². The van der Waals surface area contributed by atoms with E-state index in [9.17, 15) is 18.0 Å². The molecule has 1 saturated heterocycles. The van der Waals surface area contributed by atoms with Crippen LogP contribution in [-0.4, -0.2) is 44.9 Å². The van der Waals surface area contributed by atoms with Gasteiger partial charge in [0.1, 0.15) is 0 Å². The average Bonchev–Trinajstić information content (AvgIpc) is 2.73. The molecule has 100 valence electrons. The average molecular weight is 254 g/mol. The van der Waals surface area contributed by atoms with Crippen molar-refractivity contribution in [2.24, 2.45) is 5.41 Å². The van der Waals surface area contributed by atoms with Gasteiger partial charge in [-0.15, -0.1) is 0 Å². The number of hydrogen-bond acceptors (Lipinski definition) is 3. The van der Waals surface area contributed by atoms with E-state index in [-0.39, 0.29) is 32.7 Å². The highest BCUT2D eigenvalue weighted by atomic mass is 19.4. The smallest absolute Gasteiger partial charge is 0.380 e. The topological polar surface area (TPSA) is 50.4 Å². The second-order valence-corrected chi connectivity index (χ2v) is 3.96. The molecule has 2 N–H and O–H groups in total. The van der Waals surface area contributed by atoms with E-state index in [0.717, 1.165) is 0 Å². The summed E-state index contributed by atoms with van der Waals surface area (Å²) >= 11 is 0. The molecule has 1 rings (SSSR count). The van der Waals surface area contributed by atoms with E-state index in [1.165, 1.54) is 0 Å². The predicted octanol–water partition coefficient (Wildman–Crippen LogP) is 0.681. The standard InChI is InChI=1S/C10H17F3N2O2/c1-2-17-6-5-15-8(16)9(10(11,12)13)3-4-14-7-9/h14H,2-7H2,1H3,(H,15,16). The summed E-state index contributed by atoms with van der Waals surface area (Å²) in [6.45, 7) is 2.44. The Morgan fingerprint density at radius 3 is 2.71 bits per heavy atom. The number of amides is 1. The van der Waals surface area contributed by atoms with Crippen LogP contribution in [0.1, 0.15) is 13.3 Å². The van der Waals surface area contributed by atoms with Crippen LogP contribution in [0.4, 0.5) is 13.2 Å². The Morgan fingerprint density at radius 2 is 2.24 bits per heavy atom. The Morgan fingerprint density at radius 1 is 1.53 bits per heavy atom. The summed E-state index contributed by atoms with van der Waals surface area (Å²) < 4.78 is 43.7. The number of halogens is 3. The molecule has 1 amide bonds. The molecule has 1 unspecified atom stereocenters. The minimum Gasteiger partial charge on any atom is -0.380 e. The highest BCUT2D eigenvalue weighted by Crippen LogP contribution is 2.43. The minimum atomic E-state index is -4.52. The van der Waals surface area contributed by atoms with Crippen molar-refractivity contribution in [3.8, 4) is 0 Å². The Bertz CT molecular complexity index is 263. The van der Waals surface area contributed by atoms with Crippen LogP contribution < -0.4 is 10.6 Å². The fourth-order valence-electron chi connectivity index (χ4n) is 1.81. The van der Waals surface area contributed by atoms with E-state index in [1.54, 1.807) is 6.92 Å². The molecule has 4 nitrogen and oxygen atoms in total. The molecule has 0 radical (unpaired) electrons. The molecule has 1 heterocycles. The normalized spacial score (nSPS) is 24.9. The van der Waals surface area contributed by atoms with Gasteiger partial charge in [0.2, 0.25) is 5.91 Å². The Hall–Kier alpha value is -0.820. The first-order chi connectivity index (χ1) is 7.94. The van der Waals surface area contributed by atoms with E-state index in [0.29, 0.717) is 6.61 Å². The van der Waals surface area contributed by atoms with Gasteiger partial charge in [0.05, 0.1) is 6.61 Å². The number of carbonyl (C=O) groups excluding carboxylic acids is 1. The predicted molar refractivity (Wildman–Crippen MR) is 55.5 cm³/mol. The molecular formula is C10H17F3N2O2. The molecule has 0 aromatic rings. The molecule has 1 fully saturated rings. The van der Waals surface area contributed by atoms with Crippen molar-refractivity contribution in [2.45, 2.75) is 19.5 Å². The van der Waals surface area contributed by atoms with Crippen LogP contribution in [0.15, 0.2) is 0 Å². The summed E-state index contributed by atoms with van der Waals surface area (Å²) in [5.74, 6) is -0.963. The lowest BCUT2D eigenvalue weighted by Gasteiger charge is -2.29. The fraction of sp³-hybridized carbons (Fsp3) is 0.900. The lowest BCUT2D eigenvalue weighted by molar-refractivity contribution is -0.216. The first kappa shape index (κ1) is 14.2. The van der Waals surface area contributed by atoms with Crippen LogP contribution in [0.3, 0.4) is 0 Å². The SMILES string of the molecule is CCOCCNC(=O)C1(C(F)(F)F)CCNC1. The van der Waals surface area contributed by atoms with E-state index >= 15 is 0 Å². The lowest BCUT2D eigenvalue weighted by Crippen LogP contribution is -2.52. The van der Waals surface area contributed by atoms with Crippen LogP contribution >= 0.6 is 0 Å². The third kappa shape index (κ3) is 3.10. The number of alkyl halides is 3. The van der Waals surface area contributed by atoms with Crippen LogP contribution in [0.2, 0.25) is 0 Å². The summed E-state index contributed by atoms with van der Waals surface area (Å²) in [5, 5.41) is 4.87. The maximum Gasteiger partial charge on any atom is 0.404 e. The monoisotopic (exact) mass is 254 g/mol. The lowest BCUT2D eigenvalue weighted by atomic mass is 9.85. The number of ether oxygens (including phenoxy) is 1. The molecule has 0 aromatic carbocycles. The van der Waals surface area contributed by atoms with E-state index in [4.69, 9.17) is 4.74 Å². The first-order valence-corrected chi connectivity index (χ1v) is 5.57. The zero-order valence-electron chi connectivity index (χ0n) is 9.69. The van der Waals surface area contributed by atoms with Crippen LogP contribution in [0.5, 0.6) is 0 Å². The zero-order valence-corrected chi connectivity index (χ0v) is 9.69. The number of carbonyl (C=O) groups is 1. The van der Waals surface area contributed by atoms with E-state index < -0.39 is 17.5 Å². The Labute approximate surface area is 97.9 Å². The zero-order chi connectivity index (χ0) is 12.9. The molecule has 0 saturated carbocycles. The summed E-state index contributed by atoms with van der Waals surface area (Å²) in [6.07, 6.45) is -4.73. The summed E-state index contributed by atoms with van der Waals surface area (Å²) in [7, 11) is 0. The van der Waals surface area contributed by atoms with Crippen molar-refractivity contribution in [3.05, 3.63) is 0 Å².